The summed E-state index contributed by atoms with van der Waals surface area (Å²) in [4.78, 5) is 6.70. The van der Waals surface area contributed by atoms with Gasteiger partial charge < -0.3 is 14.6 Å². The fraction of sp³-hybridized carbons (Fsp3) is 0.588. The number of ether oxygens (including phenoxy) is 2. The normalized spacial score (nSPS) is 19.7. The van der Waals surface area contributed by atoms with Crippen LogP contribution in [0.25, 0.3) is 10.2 Å². The van der Waals surface area contributed by atoms with Crippen molar-refractivity contribution in [1.29, 1.82) is 0 Å². The Morgan fingerprint density at radius 3 is 3.13 bits per heavy atom. The van der Waals surface area contributed by atoms with E-state index in [1.807, 2.05) is 25.2 Å². The van der Waals surface area contributed by atoms with Crippen molar-refractivity contribution in [2.24, 2.45) is 0 Å². The Bertz CT molecular complexity index is 580. The molecule has 0 saturated carbocycles. The molecule has 2 heterocycles. The lowest BCUT2D eigenvalue weighted by Crippen LogP contribution is -2.32. The molecule has 1 aliphatic heterocycles. The van der Waals surface area contributed by atoms with Gasteiger partial charge in [-0.3, -0.25) is 4.90 Å². The number of hydrogen-bond acceptors (Lipinski definition) is 6. The van der Waals surface area contributed by atoms with Gasteiger partial charge in [-0.05, 0) is 32.0 Å². The Labute approximate surface area is 140 Å². The SMILES string of the molecule is CN(Cc1nc2ccccc2s1)C[C@@H](O)COC[C@@H]1CCCO1. The van der Waals surface area contributed by atoms with Gasteiger partial charge in [0.2, 0.25) is 0 Å². The predicted octanol–water partition coefficient (Wildman–Crippen LogP) is 2.28. The summed E-state index contributed by atoms with van der Waals surface area (Å²) in [5.74, 6) is 0. The molecule has 1 fully saturated rings. The van der Waals surface area contributed by atoms with Crippen LogP contribution in [0.2, 0.25) is 0 Å². The lowest BCUT2D eigenvalue weighted by Gasteiger charge is -2.20. The summed E-state index contributed by atoms with van der Waals surface area (Å²) in [6, 6.07) is 8.15. The molecule has 2 aromatic rings. The minimum Gasteiger partial charge on any atom is -0.389 e. The number of aliphatic hydroxyl groups excluding tert-OH is 1. The van der Waals surface area contributed by atoms with E-state index < -0.39 is 6.10 Å². The number of hydrogen-bond donors (Lipinski definition) is 1. The third-order valence-corrected chi connectivity index (χ3v) is 4.92. The number of aromatic nitrogens is 1. The molecule has 5 nitrogen and oxygen atoms in total. The molecule has 1 saturated heterocycles. The Kier molecular flexibility index (Phi) is 5.96. The Balaban J connectivity index is 1.40. The van der Waals surface area contributed by atoms with E-state index in [0.717, 1.165) is 36.5 Å². The summed E-state index contributed by atoms with van der Waals surface area (Å²) in [6.45, 7) is 3.08. The molecule has 6 heteroatoms. The first kappa shape index (κ1) is 16.8. The predicted molar refractivity (Wildman–Crippen MR) is 91.8 cm³/mol. The van der Waals surface area contributed by atoms with E-state index in [4.69, 9.17) is 9.47 Å². The molecule has 1 aliphatic rings. The Hall–Kier alpha value is -1.05. The summed E-state index contributed by atoms with van der Waals surface area (Å²) >= 11 is 1.71. The number of benzene rings is 1. The van der Waals surface area contributed by atoms with Crippen molar-refractivity contribution in [2.75, 3.05) is 33.4 Å². The highest BCUT2D eigenvalue weighted by atomic mass is 32.1. The van der Waals surface area contributed by atoms with Crippen molar-refractivity contribution in [3.63, 3.8) is 0 Å². The summed E-state index contributed by atoms with van der Waals surface area (Å²) < 4.78 is 12.3. The van der Waals surface area contributed by atoms with E-state index in [1.165, 1.54) is 4.70 Å². The van der Waals surface area contributed by atoms with Gasteiger partial charge in [-0.1, -0.05) is 12.1 Å². The molecule has 2 atom stereocenters. The number of thiazole rings is 1. The van der Waals surface area contributed by atoms with Crippen LogP contribution in [0, 0.1) is 0 Å². The number of para-hydroxylation sites is 1. The lowest BCUT2D eigenvalue weighted by atomic mass is 10.2. The van der Waals surface area contributed by atoms with Gasteiger partial charge in [0.25, 0.3) is 0 Å². The maximum atomic E-state index is 10.1. The van der Waals surface area contributed by atoms with Crippen LogP contribution in [0.1, 0.15) is 17.8 Å². The van der Waals surface area contributed by atoms with Crippen molar-refractivity contribution in [3.05, 3.63) is 29.3 Å². The smallest absolute Gasteiger partial charge is 0.108 e. The molecule has 3 rings (SSSR count). The van der Waals surface area contributed by atoms with Crippen molar-refractivity contribution in [3.8, 4) is 0 Å². The van der Waals surface area contributed by atoms with Crippen molar-refractivity contribution in [1.82, 2.24) is 9.88 Å². The molecule has 1 N–H and O–H groups in total. The second-order valence-corrected chi connectivity index (χ2v) is 7.21. The number of aliphatic hydroxyl groups is 1. The molecular formula is C17H24N2O3S. The molecule has 0 unspecified atom stereocenters. The lowest BCUT2D eigenvalue weighted by molar-refractivity contribution is -0.0238. The number of fused-ring (bicyclic) bond motifs is 1. The van der Waals surface area contributed by atoms with E-state index in [-0.39, 0.29) is 6.10 Å². The monoisotopic (exact) mass is 336 g/mol. The highest BCUT2D eigenvalue weighted by Gasteiger charge is 2.17. The van der Waals surface area contributed by atoms with E-state index in [1.54, 1.807) is 11.3 Å². The molecule has 126 valence electrons. The van der Waals surface area contributed by atoms with Crippen LogP contribution in [-0.2, 0) is 16.0 Å². The minimum absolute atomic E-state index is 0.211. The fourth-order valence-electron chi connectivity index (χ4n) is 2.81. The van der Waals surface area contributed by atoms with Gasteiger partial charge >= 0.3 is 0 Å². The van der Waals surface area contributed by atoms with Crippen molar-refractivity contribution in [2.45, 2.75) is 31.6 Å². The van der Waals surface area contributed by atoms with E-state index in [0.29, 0.717) is 19.8 Å². The van der Waals surface area contributed by atoms with Gasteiger partial charge in [-0.2, -0.15) is 0 Å². The summed E-state index contributed by atoms with van der Waals surface area (Å²) in [5, 5.41) is 11.2. The number of nitrogens with zero attached hydrogens (tertiary/aromatic N) is 2. The van der Waals surface area contributed by atoms with E-state index in [9.17, 15) is 5.11 Å². The largest absolute Gasteiger partial charge is 0.389 e. The minimum atomic E-state index is -0.490. The first-order valence-corrected chi connectivity index (χ1v) is 8.93. The van der Waals surface area contributed by atoms with Crippen LogP contribution in [-0.4, -0.2) is 60.6 Å². The van der Waals surface area contributed by atoms with Crippen molar-refractivity contribution < 1.29 is 14.6 Å². The Morgan fingerprint density at radius 2 is 2.35 bits per heavy atom. The highest BCUT2D eigenvalue weighted by Crippen LogP contribution is 2.22. The van der Waals surface area contributed by atoms with Gasteiger partial charge in [0, 0.05) is 13.2 Å². The molecule has 0 spiro atoms. The van der Waals surface area contributed by atoms with Gasteiger partial charge in [-0.15, -0.1) is 11.3 Å². The molecule has 1 aromatic carbocycles. The number of rotatable bonds is 8. The molecule has 0 amide bonds. The quantitative estimate of drug-likeness (QED) is 0.801. The van der Waals surface area contributed by atoms with Gasteiger partial charge in [0.05, 0.1) is 42.2 Å². The van der Waals surface area contributed by atoms with E-state index in [2.05, 4.69) is 16.0 Å². The summed E-state index contributed by atoms with van der Waals surface area (Å²) in [7, 11) is 2.00. The summed E-state index contributed by atoms with van der Waals surface area (Å²) in [6.07, 6.45) is 1.90. The van der Waals surface area contributed by atoms with Crippen LogP contribution in [0.3, 0.4) is 0 Å². The average Bonchev–Trinajstić information content (AvgIpc) is 3.15. The average molecular weight is 336 g/mol. The highest BCUT2D eigenvalue weighted by molar-refractivity contribution is 7.18. The van der Waals surface area contributed by atoms with Gasteiger partial charge in [0.15, 0.2) is 0 Å². The summed E-state index contributed by atoms with van der Waals surface area (Å²) in [5.41, 5.74) is 1.04. The third kappa shape index (κ3) is 4.96. The molecule has 0 bridgehead atoms. The van der Waals surface area contributed by atoms with Crippen LogP contribution < -0.4 is 0 Å². The van der Waals surface area contributed by atoms with Gasteiger partial charge in [-0.25, -0.2) is 4.98 Å². The molecule has 0 aliphatic carbocycles. The van der Waals surface area contributed by atoms with Crippen LogP contribution in [0.5, 0.6) is 0 Å². The second kappa shape index (κ2) is 8.17. The maximum Gasteiger partial charge on any atom is 0.108 e. The fourth-order valence-corrected chi connectivity index (χ4v) is 3.85. The maximum absolute atomic E-state index is 10.1. The molecular weight excluding hydrogens is 312 g/mol. The van der Waals surface area contributed by atoms with Crippen LogP contribution in [0.15, 0.2) is 24.3 Å². The third-order valence-electron chi connectivity index (χ3n) is 3.90. The topological polar surface area (TPSA) is 54.8 Å². The zero-order chi connectivity index (χ0) is 16.1. The first-order chi connectivity index (χ1) is 11.2. The Morgan fingerprint density at radius 1 is 1.48 bits per heavy atom. The second-order valence-electron chi connectivity index (χ2n) is 6.10. The van der Waals surface area contributed by atoms with Crippen LogP contribution >= 0.6 is 11.3 Å². The standard InChI is InChI=1S/C17H24N2O3S/c1-19(9-13(20)11-21-12-14-5-4-8-22-14)10-17-18-15-6-2-3-7-16(15)23-17/h2-3,6-7,13-14,20H,4-5,8-12H2,1H3/t13-,14+/m1/s1. The number of likely N-dealkylation sites (N-methyl/N-ethyl adjacent to an activating group) is 1. The zero-order valence-corrected chi connectivity index (χ0v) is 14.3. The molecule has 23 heavy (non-hydrogen) atoms. The molecule has 1 aromatic heterocycles. The van der Waals surface area contributed by atoms with Crippen molar-refractivity contribution >= 4 is 21.6 Å². The zero-order valence-electron chi connectivity index (χ0n) is 13.5. The van der Waals surface area contributed by atoms with Gasteiger partial charge in [0.1, 0.15) is 5.01 Å². The molecule has 0 radical (unpaired) electrons. The van der Waals surface area contributed by atoms with Crippen LogP contribution in [0.4, 0.5) is 0 Å². The first-order valence-electron chi connectivity index (χ1n) is 8.11. The van der Waals surface area contributed by atoms with E-state index >= 15 is 0 Å².